The molecule has 1 aromatic rings. The van der Waals surface area contributed by atoms with E-state index in [1.807, 2.05) is 0 Å². The second kappa shape index (κ2) is 7.20. The van der Waals surface area contributed by atoms with Gasteiger partial charge >= 0.3 is 6.18 Å². The first kappa shape index (κ1) is 17.9. The molecule has 0 unspecified atom stereocenters. The maximum Gasteiger partial charge on any atom is 0.416 e. The van der Waals surface area contributed by atoms with E-state index in [4.69, 9.17) is 20.5 Å². The van der Waals surface area contributed by atoms with Gasteiger partial charge in [-0.1, -0.05) is 0 Å². The molecule has 1 N–H and O–H groups in total. The highest BCUT2D eigenvalue weighted by Gasteiger charge is 2.31. The van der Waals surface area contributed by atoms with Gasteiger partial charge < -0.3 is 10.1 Å². The molecular weight excluding hydrogens is 309 g/mol. The molecule has 118 valence electrons. The Labute approximate surface area is 130 Å². The number of alkyl halides is 3. The minimum Gasteiger partial charge on any atom is -0.491 e. The molecule has 8 heteroatoms. The van der Waals surface area contributed by atoms with Gasteiger partial charge in [-0.25, -0.2) is 0 Å². The van der Waals surface area contributed by atoms with E-state index in [-0.39, 0.29) is 17.5 Å². The molecule has 0 aliphatic rings. The molecule has 0 amide bonds. The molecule has 0 atom stereocenters. The molecular formula is C15H11F3N4O. The Morgan fingerprint density at radius 1 is 1.09 bits per heavy atom. The third-order valence-electron chi connectivity index (χ3n) is 2.46. The number of hydrogen-bond donors (Lipinski definition) is 1. The van der Waals surface area contributed by atoms with E-state index in [2.05, 4.69) is 5.32 Å². The van der Waals surface area contributed by atoms with Gasteiger partial charge in [-0.2, -0.15) is 29.0 Å². The molecule has 1 aromatic carbocycles. The van der Waals surface area contributed by atoms with Crippen LogP contribution in [0.2, 0.25) is 0 Å². The van der Waals surface area contributed by atoms with E-state index in [0.29, 0.717) is 0 Å². The largest absolute Gasteiger partial charge is 0.491 e. The molecule has 0 heterocycles. The molecule has 0 saturated heterocycles. The summed E-state index contributed by atoms with van der Waals surface area (Å²) in [5, 5.41) is 28.8. The highest BCUT2D eigenvalue weighted by Crippen LogP contribution is 2.34. The quantitative estimate of drug-likeness (QED) is 0.853. The van der Waals surface area contributed by atoms with Crippen LogP contribution in [-0.2, 0) is 6.18 Å². The van der Waals surface area contributed by atoms with Crippen molar-refractivity contribution in [1.82, 2.24) is 0 Å². The zero-order chi connectivity index (χ0) is 17.6. The molecule has 23 heavy (non-hydrogen) atoms. The maximum atomic E-state index is 12.9. The predicted octanol–water partition coefficient (Wildman–Crippen LogP) is 3.73. The molecule has 0 bridgehead atoms. The van der Waals surface area contributed by atoms with Crippen LogP contribution in [-0.4, -0.2) is 6.10 Å². The van der Waals surface area contributed by atoms with Crippen molar-refractivity contribution in [3.8, 4) is 24.0 Å². The number of nitrogens with one attached hydrogen (secondary N) is 1. The first-order chi connectivity index (χ1) is 10.7. The van der Waals surface area contributed by atoms with Crippen LogP contribution < -0.4 is 10.1 Å². The molecule has 5 nitrogen and oxygen atoms in total. The third kappa shape index (κ3) is 4.94. The van der Waals surface area contributed by atoms with Gasteiger partial charge in [0.05, 0.1) is 11.7 Å². The Morgan fingerprint density at radius 3 is 2.13 bits per heavy atom. The fraction of sp³-hybridized carbons (Fsp3) is 0.267. The summed E-state index contributed by atoms with van der Waals surface area (Å²) >= 11 is 0. The van der Waals surface area contributed by atoms with E-state index in [1.165, 1.54) is 18.2 Å². The van der Waals surface area contributed by atoms with E-state index in [9.17, 15) is 13.2 Å². The number of hydrogen-bond acceptors (Lipinski definition) is 5. The Morgan fingerprint density at radius 2 is 1.70 bits per heavy atom. The fourth-order valence-electron chi connectivity index (χ4n) is 1.60. The first-order valence-corrected chi connectivity index (χ1v) is 6.31. The number of nitriles is 3. The van der Waals surface area contributed by atoms with Crippen molar-refractivity contribution >= 4 is 5.69 Å². The number of rotatable bonds is 4. The molecule has 0 aliphatic carbocycles. The SMILES string of the molecule is CC(C)Oc1cc(NC(C#N)=C(C#N)C#N)cc(C(F)(F)F)c1. The summed E-state index contributed by atoms with van der Waals surface area (Å²) < 4.78 is 44.0. The van der Waals surface area contributed by atoms with Crippen LogP contribution in [0.25, 0.3) is 0 Å². The number of nitrogens with zero attached hydrogens (tertiary/aromatic N) is 3. The fourth-order valence-corrected chi connectivity index (χ4v) is 1.60. The van der Waals surface area contributed by atoms with Crippen LogP contribution in [0.3, 0.4) is 0 Å². The minimum atomic E-state index is -4.61. The van der Waals surface area contributed by atoms with Crippen LogP contribution >= 0.6 is 0 Å². The molecule has 0 radical (unpaired) electrons. The lowest BCUT2D eigenvalue weighted by Gasteiger charge is -2.15. The molecule has 0 saturated carbocycles. The summed E-state index contributed by atoms with van der Waals surface area (Å²) in [4.78, 5) is 0. The molecule has 0 spiro atoms. The van der Waals surface area contributed by atoms with Gasteiger partial charge in [0.2, 0.25) is 0 Å². The van der Waals surface area contributed by atoms with Gasteiger partial charge in [0, 0.05) is 11.8 Å². The summed E-state index contributed by atoms with van der Waals surface area (Å²) in [5.74, 6) is -0.0509. The lowest BCUT2D eigenvalue weighted by Crippen LogP contribution is -2.10. The average molecular weight is 320 g/mol. The monoisotopic (exact) mass is 320 g/mol. The van der Waals surface area contributed by atoms with Crippen molar-refractivity contribution in [3.05, 3.63) is 35.0 Å². The van der Waals surface area contributed by atoms with Crippen molar-refractivity contribution in [2.75, 3.05) is 5.32 Å². The summed E-state index contributed by atoms with van der Waals surface area (Å²) in [5.41, 5.74) is -2.07. The number of ether oxygens (including phenoxy) is 1. The third-order valence-corrected chi connectivity index (χ3v) is 2.46. The lowest BCUT2D eigenvalue weighted by molar-refractivity contribution is -0.137. The second-order valence-electron chi connectivity index (χ2n) is 4.62. The van der Waals surface area contributed by atoms with Gasteiger partial charge in [-0.05, 0) is 26.0 Å². The summed E-state index contributed by atoms with van der Waals surface area (Å²) in [6.07, 6.45) is -4.97. The van der Waals surface area contributed by atoms with Crippen LogP contribution in [0.5, 0.6) is 5.75 Å². The Hall–Kier alpha value is -3.18. The Kier molecular flexibility index (Phi) is 5.59. The van der Waals surface area contributed by atoms with Gasteiger partial charge in [0.1, 0.15) is 29.7 Å². The van der Waals surface area contributed by atoms with E-state index < -0.39 is 23.0 Å². The van der Waals surface area contributed by atoms with Gasteiger partial charge in [-0.15, -0.1) is 0 Å². The standard InChI is InChI=1S/C15H11F3N4O/c1-9(2)23-13-4-11(15(16,17)18)3-12(5-13)22-14(8-21)10(6-19)7-20/h3-5,9,22H,1-2H3. The van der Waals surface area contributed by atoms with Crippen molar-refractivity contribution in [2.24, 2.45) is 0 Å². The van der Waals surface area contributed by atoms with Crippen LogP contribution in [0.1, 0.15) is 19.4 Å². The smallest absolute Gasteiger partial charge is 0.416 e. The highest BCUT2D eigenvalue weighted by molar-refractivity contribution is 5.61. The Bertz CT molecular complexity index is 730. The molecule has 0 fully saturated rings. The van der Waals surface area contributed by atoms with Crippen LogP contribution in [0.4, 0.5) is 18.9 Å². The van der Waals surface area contributed by atoms with Crippen molar-refractivity contribution in [3.63, 3.8) is 0 Å². The predicted molar refractivity (Wildman–Crippen MR) is 74.7 cm³/mol. The number of benzene rings is 1. The van der Waals surface area contributed by atoms with Crippen molar-refractivity contribution < 1.29 is 17.9 Å². The van der Waals surface area contributed by atoms with Crippen molar-refractivity contribution in [1.29, 1.82) is 15.8 Å². The second-order valence-corrected chi connectivity index (χ2v) is 4.62. The number of halogens is 3. The minimum absolute atomic E-state index is 0.0509. The van der Waals surface area contributed by atoms with E-state index in [1.54, 1.807) is 19.9 Å². The molecule has 1 rings (SSSR count). The topological polar surface area (TPSA) is 92.6 Å². The molecule has 0 aliphatic heterocycles. The Balaban J connectivity index is 3.37. The average Bonchev–Trinajstić information content (AvgIpc) is 2.45. The normalized spacial score (nSPS) is 10.2. The van der Waals surface area contributed by atoms with Crippen LogP contribution in [0.15, 0.2) is 29.5 Å². The van der Waals surface area contributed by atoms with Gasteiger partial charge in [0.25, 0.3) is 0 Å². The van der Waals surface area contributed by atoms with E-state index >= 15 is 0 Å². The summed E-state index contributed by atoms with van der Waals surface area (Å²) in [7, 11) is 0. The number of allylic oxidation sites excluding steroid dienone is 2. The summed E-state index contributed by atoms with van der Waals surface area (Å²) in [6.45, 7) is 3.30. The maximum absolute atomic E-state index is 12.9. The summed E-state index contributed by atoms with van der Waals surface area (Å²) in [6, 6.07) is 7.40. The first-order valence-electron chi connectivity index (χ1n) is 6.31. The number of anilines is 1. The van der Waals surface area contributed by atoms with E-state index in [0.717, 1.165) is 12.1 Å². The molecule has 0 aromatic heterocycles. The van der Waals surface area contributed by atoms with Gasteiger partial charge in [0.15, 0.2) is 5.57 Å². The van der Waals surface area contributed by atoms with Crippen molar-refractivity contribution in [2.45, 2.75) is 26.1 Å². The zero-order valence-electron chi connectivity index (χ0n) is 12.2. The highest BCUT2D eigenvalue weighted by atomic mass is 19.4. The lowest BCUT2D eigenvalue weighted by atomic mass is 10.1. The van der Waals surface area contributed by atoms with Gasteiger partial charge in [-0.3, -0.25) is 0 Å². The zero-order valence-corrected chi connectivity index (χ0v) is 12.2. The van der Waals surface area contributed by atoms with Crippen LogP contribution in [0, 0.1) is 34.0 Å².